The summed E-state index contributed by atoms with van der Waals surface area (Å²) in [4.78, 5) is 17.1. The average Bonchev–Trinajstić information content (AvgIpc) is 3.04. The van der Waals surface area contributed by atoms with Crippen molar-refractivity contribution in [1.82, 2.24) is 19.4 Å². The molecule has 0 unspecified atom stereocenters. The molecule has 4 rings (SSSR count). The van der Waals surface area contributed by atoms with Gasteiger partial charge in [0.15, 0.2) is 0 Å². The van der Waals surface area contributed by atoms with Gasteiger partial charge in [0.05, 0.1) is 22.6 Å². The molecule has 3 aromatic carbocycles. The summed E-state index contributed by atoms with van der Waals surface area (Å²) in [6.07, 6.45) is 3.24. The van der Waals surface area contributed by atoms with Crippen molar-refractivity contribution < 1.29 is 26.4 Å². The minimum absolute atomic E-state index is 0.0572. The van der Waals surface area contributed by atoms with E-state index < -0.39 is 26.0 Å². The Morgan fingerprint density at radius 1 is 0.837 bits per heavy atom. The van der Waals surface area contributed by atoms with E-state index in [1.165, 1.54) is 42.7 Å². The van der Waals surface area contributed by atoms with Crippen LogP contribution in [0.15, 0.2) is 112 Å². The first-order valence-electron chi connectivity index (χ1n) is 13.0. The van der Waals surface area contributed by atoms with Gasteiger partial charge in [-0.25, -0.2) is 27.0 Å². The number of sulfonamides is 2. The van der Waals surface area contributed by atoms with E-state index in [1.807, 2.05) is 0 Å². The number of amides is 1. The molecule has 0 saturated heterocycles. The fourth-order valence-corrected chi connectivity index (χ4v) is 6.19. The molecular formula is C30H31N5O6S2. The lowest BCUT2D eigenvalue weighted by Gasteiger charge is -2.22. The maximum Gasteiger partial charge on any atom is 0.271 e. The van der Waals surface area contributed by atoms with Gasteiger partial charge in [0.2, 0.25) is 20.0 Å². The molecule has 0 radical (unpaired) electrons. The summed E-state index contributed by atoms with van der Waals surface area (Å²) in [6.45, 7) is 1.84. The molecule has 0 spiro atoms. The van der Waals surface area contributed by atoms with Crippen LogP contribution in [0.5, 0.6) is 5.75 Å². The van der Waals surface area contributed by atoms with Gasteiger partial charge >= 0.3 is 0 Å². The Bertz CT molecular complexity index is 1790. The molecule has 0 aliphatic heterocycles. The van der Waals surface area contributed by atoms with Gasteiger partial charge < -0.3 is 4.74 Å². The maximum absolute atomic E-state index is 13.6. The largest absolute Gasteiger partial charge is 0.497 e. The number of carbonyl (C=O) groups is 1. The van der Waals surface area contributed by atoms with Gasteiger partial charge in [0.25, 0.3) is 5.91 Å². The van der Waals surface area contributed by atoms with Crippen molar-refractivity contribution in [3.8, 4) is 5.75 Å². The number of nitrogens with one attached hydrogen (secondary N) is 2. The minimum Gasteiger partial charge on any atom is -0.497 e. The molecule has 224 valence electrons. The molecule has 1 heterocycles. The zero-order valence-corrected chi connectivity index (χ0v) is 25.4. The van der Waals surface area contributed by atoms with Crippen molar-refractivity contribution in [2.45, 2.75) is 29.8 Å². The molecule has 11 nitrogen and oxygen atoms in total. The molecule has 1 aromatic heterocycles. The fraction of sp³-hybridized carbons (Fsp3) is 0.167. The molecule has 0 saturated carbocycles. The highest BCUT2D eigenvalue weighted by Gasteiger charge is 2.25. The van der Waals surface area contributed by atoms with Gasteiger partial charge in [-0.3, -0.25) is 9.78 Å². The molecule has 0 aliphatic rings. The summed E-state index contributed by atoms with van der Waals surface area (Å²) in [7, 11) is -4.60. The number of aromatic nitrogens is 1. The summed E-state index contributed by atoms with van der Waals surface area (Å²) in [5.41, 5.74) is 5.34. The third-order valence-electron chi connectivity index (χ3n) is 6.53. The second kappa shape index (κ2) is 13.7. The molecule has 2 N–H and O–H groups in total. The number of ether oxygens (including phenoxy) is 1. The first-order valence-corrected chi connectivity index (χ1v) is 16.0. The Morgan fingerprint density at radius 3 is 2.02 bits per heavy atom. The number of hydrazone groups is 1. The quantitative estimate of drug-likeness (QED) is 0.182. The van der Waals surface area contributed by atoms with Crippen molar-refractivity contribution in [2.75, 3.05) is 14.2 Å². The van der Waals surface area contributed by atoms with Crippen LogP contribution >= 0.6 is 0 Å². The number of benzene rings is 3. The lowest BCUT2D eigenvalue weighted by molar-refractivity contribution is 0.0954. The van der Waals surface area contributed by atoms with Gasteiger partial charge in [-0.15, -0.1) is 0 Å². The lowest BCUT2D eigenvalue weighted by Crippen LogP contribution is -2.30. The van der Waals surface area contributed by atoms with Crippen LogP contribution in [0.3, 0.4) is 0 Å². The van der Waals surface area contributed by atoms with E-state index >= 15 is 0 Å². The number of carbonyl (C=O) groups excluding carboxylic acids is 1. The van der Waals surface area contributed by atoms with Crippen molar-refractivity contribution in [2.24, 2.45) is 5.10 Å². The molecule has 1 amide bonds. The van der Waals surface area contributed by atoms with E-state index in [1.54, 1.807) is 80.0 Å². The predicted octanol–water partition coefficient (Wildman–Crippen LogP) is 3.54. The van der Waals surface area contributed by atoms with Crippen LogP contribution < -0.4 is 14.9 Å². The minimum atomic E-state index is -3.89. The Labute approximate surface area is 251 Å². The second-order valence-corrected chi connectivity index (χ2v) is 13.2. The van der Waals surface area contributed by atoms with Crippen LogP contribution in [-0.4, -0.2) is 51.9 Å². The maximum atomic E-state index is 13.6. The first kappa shape index (κ1) is 31.5. The molecule has 0 atom stereocenters. The monoisotopic (exact) mass is 621 g/mol. The SMILES string of the molecule is CNS(=O)(=O)c1ccc(C(C)=NNC(=O)c2ccc(CN(Cc3cccnc3)S(=O)(=O)c3ccc(OC)cc3)cc2)cc1. The highest BCUT2D eigenvalue weighted by Crippen LogP contribution is 2.23. The van der Waals surface area contributed by atoms with Gasteiger partial charge in [0.1, 0.15) is 5.75 Å². The van der Waals surface area contributed by atoms with Crippen molar-refractivity contribution >= 4 is 31.7 Å². The van der Waals surface area contributed by atoms with Gasteiger partial charge in [-0.1, -0.05) is 30.3 Å². The number of methoxy groups -OCH3 is 1. The number of hydrogen-bond donors (Lipinski definition) is 2. The number of nitrogens with zero attached hydrogens (tertiary/aromatic N) is 3. The number of rotatable bonds is 12. The van der Waals surface area contributed by atoms with E-state index in [0.717, 1.165) is 5.56 Å². The fourth-order valence-electron chi connectivity index (χ4n) is 4.04. The Kier molecular flexibility index (Phi) is 10.0. The highest BCUT2D eigenvalue weighted by atomic mass is 32.2. The van der Waals surface area contributed by atoms with Crippen LogP contribution in [0.1, 0.15) is 34.0 Å². The van der Waals surface area contributed by atoms with Gasteiger partial charge in [0, 0.05) is 31.0 Å². The van der Waals surface area contributed by atoms with E-state index in [4.69, 9.17) is 4.74 Å². The highest BCUT2D eigenvalue weighted by molar-refractivity contribution is 7.89. The summed E-state index contributed by atoms with van der Waals surface area (Å²) in [5, 5.41) is 4.13. The Morgan fingerprint density at radius 2 is 1.44 bits per heavy atom. The smallest absolute Gasteiger partial charge is 0.271 e. The van der Waals surface area contributed by atoms with Crippen LogP contribution in [0.2, 0.25) is 0 Å². The van der Waals surface area contributed by atoms with Crippen LogP contribution in [0, 0.1) is 0 Å². The van der Waals surface area contributed by atoms with Gasteiger partial charge in [-0.05, 0) is 85.3 Å². The lowest BCUT2D eigenvalue weighted by atomic mass is 10.1. The van der Waals surface area contributed by atoms with E-state index in [-0.39, 0.29) is 22.9 Å². The molecule has 0 fully saturated rings. The van der Waals surface area contributed by atoms with Crippen LogP contribution in [-0.2, 0) is 33.1 Å². The molecule has 43 heavy (non-hydrogen) atoms. The average molecular weight is 622 g/mol. The molecule has 0 aliphatic carbocycles. The van der Waals surface area contributed by atoms with Crippen molar-refractivity contribution in [3.05, 3.63) is 120 Å². The second-order valence-electron chi connectivity index (χ2n) is 9.38. The normalized spacial score (nSPS) is 12.2. The topological polar surface area (TPSA) is 147 Å². The standard InChI is InChI=1S/C30H31N5O6S2/c1-22(25-10-14-28(15-11-25)42(37,38)31-2)33-34-30(36)26-8-6-23(7-9-26)20-35(21-24-5-4-18-32-19-24)43(39,40)29-16-12-27(41-3)13-17-29/h4-19,31H,20-21H2,1-3H3,(H,34,36). The summed E-state index contributed by atoms with van der Waals surface area (Å²) in [6, 6.07) is 22.4. The summed E-state index contributed by atoms with van der Waals surface area (Å²) >= 11 is 0. The van der Waals surface area contributed by atoms with E-state index in [9.17, 15) is 21.6 Å². The summed E-state index contributed by atoms with van der Waals surface area (Å²) in [5.74, 6) is 0.0855. The van der Waals surface area contributed by atoms with Crippen molar-refractivity contribution in [3.63, 3.8) is 0 Å². The van der Waals surface area contributed by atoms with Crippen LogP contribution in [0.25, 0.3) is 0 Å². The zero-order chi connectivity index (χ0) is 31.0. The predicted molar refractivity (Wildman–Crippen MR) is 162 cm³/mol. The molecule has 13 heteroatoms. The summed E-state index contributed by atoms with van der Waals surface area (Å²) < 4.78 is 59.8. The Balaban J connectivity index is 1.48. The van der Waals surface area contributed by atoms with Crippen molar-refractivity contribution in [1.29, 1.82) is 0 Å². The zero-order valence-electron chi connectivity index (χ0n) is 23.8. The molecule has 4 aromatic rings. The third-order valence-corrected chi connectivity index (χ3v) is 9.77. The number of hydrogen-bond acceptors (Lipinski definition) is 8. The number of pyridine rings is 1. The van der Waals surface area contributed by atoms with Crippen LogP contribution in [0.4, 0.5) is 0 Å². The molecule has 0 bridgehead atoms. The van der Waals surface area contributed by atoms with E-state index in [0.29, 0.717) is 28.2 Å². The molecular weight excluding hydrogens is 590 g/mol. The Hall–Kier alpha value is -4.43. The van der Waals surface area contributed by atoms with Gasteiger partial charge in [-0.2, -0.15) is 9.41 Å². The van der Waals surface area contributed by atoms with E-state index in [2.05, 4.69) is 20.2 Å². The first-order chi connectivity index (χ1) is 20.5. The third kappa shape index (κ3) is 7.90.